The summed E-state index contributed by atoms with van der Waals surface area (Å²) in [5.74, 6) is -0.0771. The van der Waals surface area contributed by atoms with Crippen molar-refractivity contribution >= 4 is 11.5 Å². The van der Waals surface area contributed by atoms with E-state index in [-0.39, 0.29) is 17.4 Å². The zero-order chi connectivity index (χ0) is 20.9. The van der Waals surface area contributed by atoms with Crippen LogP contribution in [0.25, 0.3) is 5.57 Å². The lowest BCUT2D eigenvalue weighted by atomic mass is 9.91. The smallest absolute Gasteiger partial charge is 0.252 e. The van der Waals surface area contributed by atoms with Crippen molar-refractivity contribution in [3.05, 3.63) is 113 Å². The highest BCUT2D eigenvalue weighted by Gasteiger charge is 2.17. The van der Waals surface area contributed by atoms with Crippen LogP contribution < -0.4 is 5.32 Å². The molecule has 0 aliphatic rings. The minimum Gasteiger partial charge on any atom is -0.341 e. The average Bonchev–Trinajstić information content (AvgIpc) is 2.72. The van der Waals surface area contributed by atoms with Gasteiger partial charge in [-0.05, 0) is 46.7 Å². The Morgan fingerprint density at radius 2 is 1.21 bits per heavy atom. The fraction of sp³-hybridized carbons (Fsp3) is 0.222. The van der Waals surface area contributed by atoms with Crippen LogP contribution in [0.1, 0.15) is 60.8 Å². The first-order valence-corrected chi connectivity index (χ1v) is 10.0. The molecule has 0 heterocycles. The monoisotopic (exact) mass is 383 g/mol. The van der Waals surface area contributed by atoms with Crippen LogP contribution in [0.15, 0.2) is 91.0 Å². The van der Waals surface area contributed by atoms with Crippen LogP contribution >= 0.6 is 0 Å². The van der Waals surface area contributed by atoms with Gasteiger partial charge in [0.25, 0.3) is 5.91 Å². The fourth-order valence-electron chi connectivity index (χ4n) is 3.48. The van der Waals surface area contributed by atoms with Gasteiger partial charge in [0, 0.05) is 5.56 Å². The summed E-state index contributed by atoms with van der Waals surface area (Å²) in [7, 11) is 0. The average molecular weight is 384 g/mol. The van der Waals surface area contributed by atoms with Gasteiger partial charge in [0.15, 0.2) is 0 Å². The third kappa shape index (κ3) is 5.68. The molecule has 0 aliphatic heterocycles. The molecule has 29 heavy (non-hydrogen) atoms. The Bertz CT molecular complexity index is 925. The van der Waals surface area contributed by atoms with E-state index < -0.39 is 0 Å². The van der Waals surface area contributed by atoms with Crippen LogP contribution in [-0.2, 0) is 0 Å². The number of allylic oxidation sites excluding steroid dienone is 2. The maximum absolute atomic E-state index is 13.0. The third-order valence-electron chi connectivity index (χ3n) is 4.79. The lowest BCUT2D eigenvalue weighted by Gasteiger charge is -2.20. The summed E-state index contributed by atoms with van der Waals surface area (Å²) in [5.41, 5.74) is 5.27. The molecule has 148 valence electrons. The van der Waals surface area contributed by atoms with Crippen LogP contribution in [0.4, 0.5) is 0 Å². The Balaban J connectivity index is 1.83. The molecule has 0 aliphatic carbocycles. The number of hydrogen-bond donors (Lipinski definition) is 1. The maximum Gasteiger partial charge on any atom is 0.252 e. The summed E-state index contributed by atoms with van der Waals surface area (Å²) in [6.07, 6.45) is 2.25. The lowest BCUT2D eigenvalue weighted by Crippen LogP contribution is -2.29. The normalized spacial score (nSPS) is 12.1. The molecule has 3 rings (SSSR count). The summed E-state index contributed by atoms with van der Waals surface area (Å²) < 4.78 is 0. The highest BCUT2D eigenvalue weighted by atomic mass is 16.1. The van der Waals surface area contributed by atoms with Gasteiger partial charge in [0.1, 0.15) is 0 Å². The van der Waals surface area contributed by atoms with E-state index in [1.54, 1.807) is 0 Å². The summed E-state index contributed by atoms with van der Waals surface area (Å²) in [5, 5.41) is 3.20. The Kier molecular flexibility index (Phi) is 6.33. The molecule has 1 N–H and O–H groups in total. The van der Waals surface area contributed by atoms with Gasteiger partial charge in [-0.1, -0.05) is 99.6 Å². The molecule has 0 atom stereocenters. The van der Waals surface area contributed by atoms with Gasteiger partial charge in [0.05, 0.1) is 6.04 Å². The van der Waals surface area contributed by atoms with Gasteiger partial charge >= 0.3 is 0 Å². The van der Waals surface area contributed by atoms with Crippen molar-refractivity contribution in [2.75, 3.05) is 0 Å². The Morgan fingerprint density at radius 3 is 1.66 bits per heavy atom. The second-order valence-corrected chi connectivity index (χ2v) is 8.50. The molecule has 2 nitrogen and oxygen atoms in total. The molecule has 3 aromatic carbocycles. The van der Waals surface area contributed by atoms with E-state index in [0.717, 1.165) is 16.7 Å². The molecule has 0 aromatic heterocycles. The topological polar surface area (TPSA) is 29.1 Å². The Morgan fingerprint density at radius 1 is 0.759 bits per heavy atom. The van der Waals surface area contributed by atoms with Crippen LogP contribution in [0.5, 0.6) is 0 Å². The van der Waals surface area contributed by atoms with Crippen LogP contribution in [0, 0.1) is 5.41 Å². The number of benzene rings is 3. The van der Waals surface area contributed by atoms with E-state index in [2.05, 4.69) is 39.1 Å². The number of hydrogen-bond acceptors (Lipinski definition) is 1. The second kappa shape index (κ2) is 8.91. The predicted molar refractivity (Wildman–Crippen MR) is 122 cm³/mol. The number of carbonyl (C=O) groups excluding carboxylic acids is 1. The molecule has 3 aromatic rings. The second-order valence-electron chi connectivity index (χ2n) is 8.50. The van der Waals surface area contributed by atoms with Crippen molar-refractivity contribution in [3.8, 4) is 0 Å². The van der Waals surface area contributed by atoms with Crippen LogP contribution in [0.3, 0.4) is 0 Å². The van der Waals surface area contributed by atoms with E-state index in [1.807, 2.05) is 84.9 Å². The Hall–Kier alpha value is -3.13. The summed E-state index contributed by atoms with van der Waals surface area (Å²) in [6, 6.07) is 27.8. The van der Waals surface area contributed by atoms with E-state index in [0.29, 0.717) is 5.56 Å². The van der Waals surface area contributed by atoms with Gasteiger partial charge in [0.2, 0.25) is 0 Å². The van der Waals surface area contributed by atoms with Gasteiger partial charge in [-0.15, -0.1) is 0 Å². The first-order valence-electron chi connectivity index (χ1n) is 10.0. The van der Waals surface area contributed by atoms with Crippen molar-refractivity contribution < 1.29 is 4.79 Å². The highest BCUT2D eigenvalue weighted by molar-refractivity contribution is 5.95. The van der Waals surface area contributed by atoms with Crippen molar-refractivity contribution in [2.24, 2.45) is 5.41 Å². The van der Waals surface area contributed by atoms with Gasteiger partial charge in [-0.2, -0.15) is 0 Å². The molecule has 0 spiro atoms. The van der Waals surface area contributed by atoms with Crippen molar-refractivity contribution in [1.82, 2.24) is 5.32 Å². The Labute approximate surface area is 174 Å². The van der Waals surface area contributed by atoms with Gasteiger partial charge < -0.3 is 5.32 Å². The van der Waals surface area contributed by atoms with Crippen LogP contribution in [-0.4, -0.2) is 5.91 Å². The number of carbonyl (C=O) groups is 1. The first kappa shape index (κ1) is 20.6. The zero-order valence-corrected chi connectivity index (χ0v) is 17.6. The lowest BCUT2D eigenvalue weighted by molar-refractivity contribution is 0.0943. The molecule has 0 saturated carbocycles. The summed E-state index contributed by atoms with van der Waals surface area (Å²) in [6.45, 7) is 8.67. The van der Waals surface area contributed by atoms with E-state index >= 15 is 0 Å². The van der Waals surface area contributed by atoms with E-state index in [1.165, 1.54) is 5.57 Å². The minimum absolute atomic E-state index is 0.0771. The largest absolute Gasteiger partial charge is 0.341 e. The third-order valence-corrected chi connectivity index (χ3v) is 4.79. The maximum atomic E-state index is 13.0. The van der Waals surface area contributed by atoms with E-state index in [9.17, 15) is 4.79 Å². The predicted octanol–water partition coefficient (Wildman–Crippen LogP) is 6.66. The van der Waals surface area contributed by atoms with Crippen molar-refractivity contribution in [1.29, 1.82) is 0 Å². The van der Waals surface area contributed by atoms with Gasteiger partial charge in [-0.3, -0.25) is 4.79 Å². The molecule has 0 unspecified atom stereocenters. The minimum atomic E-state index is -0.188. The molecular formula is C27H29NO. The quantitative estimate of drug-likeness (QED) is 0.525. The van der Waals surface area contributed by atoms with E-state index in [4.69, 9.17) is 0 Å². The van der Waals surface area contributed by atoms with Crippen molar-refractivity contribution in [2.45, 2.75) is 33.7 Å². The number of nitrogens with one attached hydrogen (secondary N) is 1. The standard InChI is InChI=1S/C27H29NO/c1-20(19-27(2,3)4)21-15-17-24(18-16-21)26(29)28-25(22-11-7-5-8-12-22)23-13-9-6-10-14-23/h5-19,25H,1-4H3,(H,28,29). The number of rotatable bonds is 5. The first-order chi connectivity index (χ1) is 13.8. The summed E-state index contributed by atoms with van der Waals surface area (Å²) in [4.78, 5) is 13.0. The molecule has 0 bridgehead atoms. The number of amides is 1. The highest BCUT2D eigenvalue weighted by Crippen LogP contribution is 2.25. The van der Waals surface area contributed by atoms with Crippen molar-refractivity contribution in [3.63, 3.8) is 0 Å². The molecule has 0 radical (unpaired) electrons. The molecule has 2 heteroatoms. The molecule has 1 amide bonds. The van der Waals surface area contributed by atoms with Crippen LogP contribution in [0.2, 0.25) is 0 Å². The molecular weight excluding hydrogens is 354 g/mol. The molecule has 0 saturated heterocycles. The summed E-state index contributed by atoms with van der Waals surface area (Å²) >= 11 is 0. The SMILES string of the molecule is CC(=CC(C)(C)C)c1ccc(C(=O)NC(c2ccccc2)c2ccccc2)cc1. The fourth-order valence-corrected chi connectivity index (χ4v) is 3.48. The molecule has 0 fully saturated rings. The van der Waals surface area contributed by atoms with Gasteiger partial charge in [-0.25, -0.2) is 0 Å². The zero-order valence-electron chi connectivity index (χ0n) is 17.6.